The molecule has 3 heterocycles. The van der Waals surface area contributed by atoms with E-state index < -0.39 is 0 Å². The lowest BCUT2D eigenvalue weighted by atomic mass is 10.3. The Hall–Kier alpha value is -2.76. The number of amides is 1. The van der Waals surface area contributed by atoms with Crippen LogP contribution >= 0.6 is 23.1 Å². The number of rotatable bonds is 7. The van der Waals surface area contributed by atoms with Crippen molar-refractivity contribution in [3.63, 3.8) is 0 Å². The molecule has 0 fully saturated rings. The van der Waals surface area contributed by atoms with Gasteiger partial charge in [0.05, 0.1) is 16.8 Å². The van der Waals surface area contributed by atoms with E-state index >= 15 is 0 Å². The number of carbonyl (C=O) groups is 1. The summed E-state index contributed by atoms with van der Waals surface area (Å²) in [7, 11) is 1.66. The van der Waals surface area contributed by atoms with Crippen LogP contribution in [0.25, 0.3) is 15.9 Å². The van der Waals surface area contributed by atoms with Crippen LogP contribution in [0.1, 0.15) is 6.92 Å². The molecule has 144 valence electrons. The highest BCUT2D eigenvalue weighted by Crippen LogP contribution is 2.32. The molecule has 0 aliphatic carbocycles. The summed E-state index contributed by atoms with van der Waals surface area (Å²) < 4.78 is 7.74. The zero-order valence-electron chi connectivity index (χ0n) is 15.2. The maximum Gasteiger partial charge on any atom is 0.223 e. The molecule has 4 rings (SSSR count). The highest BCUT2D eigenvalue weighted by Gasteiger charge is 2.11. The second kappa shape index (κ2) is 8.09. The third-order valence-corrected chi connectivity index (χ3v) is 5.56. The van der Waals surface area contributed by atoms with Crippen molar-refractivity contribution in [3.05, 3.63) is 30.3 Å². The summed E-state index contributed by atoms with van der Waals surface area (Å²) in [6, 6.07) is 9.64. The first-order valence-corrected chi connectivity index (χ1v) is 10.1. The Morgan fingerprint density at radius 1 is 1.29 bits per heavy atom. The molecule has 0 aliphatic heterocycles. The Morgan fingerprint density at radius 3 is 3.00 bits per heavy atom. The number of hydrogen-bond acceptors (Lipinski definition) is 9. The van der Waals surface area contributed by atoms with Gasteiger partial charge in [0.1, 0.15) is 5.82 Å². The monoisotopic (exact) mass is 415 g/mol. The summed E-state index contributed by atoms with van der Waals surface area (Å²) in [6.45, 7) is 2.73. The predicted molar refractivity (Wildman–Crippen MR) is 109 cm³/mol. The van der Waals surface area contributed by atoms with Gasteiger partial charge in [-0.2, -0.15) is 4.52 Å². The Morgan fingerprint density at radius 2 is 2.18 bits per heavy atom. The van der Waals surface area contributed by atoms with E-state index in [4.69, 9.17) is 4.74 Å². The van der Waals surface area contributed by atoms with Gasteiger partial charge in [0.2, 0.25) is 11.1 Å². The number of anilines is 2. The topological polar surface area (TPSA) is 106 Å². The lowest BCUT2D eigenvalue weighted by molar-refractivity contribution is -0.114. The highest BCUT2D eigenvalue weighted by atomic mass is 32.2. The number of aromatic nitrogens is 5. The number of nitrogens with one attached hydrogen (secondary N) is 2. The third kappa shape index (κ3) is 4.06. The van der Waals surface area contributed by atoms with E-state index in [1.807, 2.05) is 30.3 Å². The summed E-state index contributed by atoms with van der Waals surface area (Å²) >= 11 is 2.90. The molecule has 11 heteroatoms. The Bertz CT molecular complexity index is 1140. The van der Waals surface area contributed by atoms with Crippen molar-refractivity contribution in [1.29, 1.82) is 0 Å². The molecule has 1 amide bonds. The number of carbonyl (C=O) groups excluding carboxylic acids is 1. The smallest absolute Gasteiger partial charge is 0.223 e. The molecule has 0 atom stereocenters. The Balaban J connectivity index is 1.58. The minimum absolute atomic E-state index is 0.135. The number of benzene rings is 1. The molecule has 0 aliphatic rings. The lowest BCUT2D eigenvalue weighted by Gasteiger charge is -2.05. The van der Waals surface area contributed by atoms with Crippen LogP contribution in [0.15, 0.2) is 40.4 Å². The van der Waals surface area contributed by atoms with E-state index in [0.717, 1.165) is 20.9 Å². The SMILES string of the molecule is COCCNc1ccc2nnc(Sc3ccc4nc(NC(C)=O)sc4c3)n2n1. The van der Waals surface area contributed by atoms with Crippen molar-refractivity contribution in [2.45, 2.75) is 17.0 Å². The van der Waals surface area contributed by atoms with Gasteiger partial charge >= 0.3 is 0 Å². The van der Waals surface area contributed by atoms with Gasteiger partial charge in [0, 0.05) is 25.5 Å². The molecule has 28 heavy (non-hydrogen) atoms. The maximum absolute atomic E-state index is 11.2. The van der Waals surface area contributed by atoms with E-state index in [9.17, 15) is 4.79 Å². The fraction of sp³-hybridized carbons (Fsp3) is 0.235. The molecule has 9 nitrogen and oxygen atoms in total. The van der Waals surface area contributed by atoms with Crippen LogP contribution in [0.5, 0.6) is 0 Å². The fourth-order valence-corrected chi connectivity index (χ4v) is 4.34. The molecule has 2 N–H and O–H groups in total. The van der Waals surface area contributed by atoms with Gasteiger partial charge in [-0.05, 0) is 42.1 Å². The molecular weight excluding hydrogens is 398 g/mol. The first kappa shape index (κ1) is 18.6. The maximum atomic E-state index is 11.2. The average molecular weight is 416 g/mol. The lowest BCUT2D eigenvalue weighted by Crippen LogP contribution is -2.10. The minimum atomic E-state index is -0.135. The predicted octanol–water partition coefficient (Wildman–Crippen LogP) is 2.90. The van der Waals surface area contributed by atoms with E-state index in [1.165, 1.54) is 30.0 Å². The largest absolute Gasteiger partial charge is 0.383 e. The number of fused-ring (bicyclic) bond motifs is 2. The second-order valence-corrected chi connectivity index (χ2v) is 7.89. The molecular formula is C17H17N7O2S2. The fourth-order valence-electron chi connectivity index (χ4n) is 2.49. The van der Waals surface area contributed by atoms with Crippen molar-refractivity contribution >= 4 is 55.8 Å². The normalized spacial score (nSPS) is 11.2. The van der Waals surface area contributed by atoms with Crippen LogP contribution in [0, 0.1) is 0 Å². The Kier molecular flexibility index (Phi) is 5.37. The average Bonchev–Trinajstić information content (AvgIpc) is 3.24. The summed E-state index contributed by atoms with van der Waals surface area (Å²) in [6.07, 6.45) is 0. The molecule has 1 aromatic carbocycles. The van der Waals surface area contributed by atoms with Gasteiger partial charge in [-0.1, -0.05) is 11.3 Å². The summed E-state index contributed by atoms with van der Waals surface area (Å²) in [5, 5.41) is 20.1. The third-order valence-electron chi connectivity index (χ3n) is 3.70. The molecule has 0 saturated heterocycles. The van der Waals surface area contributed by atoms with Crippen LogP contribution in [0.2, 0.25) is 0 Å². The quantitative estimate of drug-likeness (QED) is 0.444. The number of methoxy groups -OCH3 is 1. The van der Waals surface area contributed by atoms with Crippen molar-refractivity contribution in [3.8, 4) is 0 Å². The van der Waals surface area contributed by atoms with Crippen LogP contribution in [0.3, 0.4) is 0 Å². The molecule has 3 aromatic heterocycles. The van der Waals surface area contributed by atoms with Gasteiger partial charge in [-0.15, -0.1) is 15.3 Å². The Labute approximate surface area is 168 Å². The van der Waals surface area contributed by atoms with Crippen molar-refractivity contribution in [2.75, 3.05) is 30.9 Å². The van der Waals surface area contributed by atoms with Crippen LogP contribution in [-0.4, -0.2) is 51.0 Å². The van der Waals surface area contributed by atoms with Crippen LogP contribution in [0.4, 0.5) is 10.9 Å². The summed E-state index contributed by atoms with van der Waals surface area (Å²) in [5.41, 5.74) is 1.51. The molecule has 0 spiro atoms. The summed E-state index contributed by atoms with van der Waals surface area (Å²) in [4.78, 5) is 16.6. The summed E-state index contributed by atoms with van der Waals surface area (Å²) in [5.74, 6) is 0.591. The molecule has 0 unspecified atom stereocenters. The van der Waals surface area contributed by atoms with Crippen molar-refractivity contribution in [2.24, 2.45) is 0 Å². The number of thiazole rings is 1. The van der Waals surface area contributed by atoms with Gasteiger partial charge in [-0.3, -0.25) is 4.79 Å². The van der Waals surface area contributed by atoms with E-state index in [2.05, 4.69) is 30.9 Å². The van der Waals surface area contributed by atoms with Crippen molar-refractivity contribution in [1.82, 2.24) is 24.8 Å². The van der Waals surface area contributed by atoms with E-state index in [0.29, 0.717) is 29.1 Å². The molecule has 0 radical (unpaired) electrons. The minimum Gasteiger partial charge on any atom is -0.383 e. The van der Waals surface area contributed by atoms with Gasteiger partial charge in [-0.25, -0.2) is 4.98 Å². The first-order chi connectivity index (χ1) is 13.6. The number of hydrogen-bond donors (Lipinski definition) is 2. The van der Waals surface area contributed by atoms with Crippen LogP contribution in [-0.2, 0) is 9.53 Å². The molecule has 0 saturated carbocycles. The van der Waals surface area contributed by atoms with Crippen molar-refractivity contribution < 1.29 is 9.53 Å². The van der Waals surface area contributed by atoms with Crippen LogP contribution < -0.4 is 10.6 Å². The number of ether oxygens (including phenoxy) is 1. The number of nitrogens with zero attached hydrogens (tertiary/aromatic N) is 5. The molecule has 4 aromatic rings. The van der Waals surface area contributed by atoms with Gasteiger partial charge in [0.15, 0.2) is 10.8 Å². The zero-order chi connectivity index (χ0) is 19.5. The van der Waals surface area contributed by atoms with Gasteiger partial charge < -0.3 is 15.4 Å². The molecule has 0 bridgehead atoms. The second-order valence-electron chi connectivity index (χ2n) is 5.82. The first-order valence-electron chi connectivity index (χ1n) is 8.44. The van der Waals surface area contributed by atoms with Gasteiger partial charge in [0.25, 0.3) is 0 Å². The standard InChI is InChI=1S/C17H17N7O2S2/c1-10(25)19-16-20-12-4-3-11(9-13(12)28-16)27-17-22-21-15-6-5-14(23-24(15)17)18-7-8-26-2/h3-6,9H,7-8H2,1-2H3,(H,18,23)(H,19,20,25). The van der Waals surface area contributed by atoms with E-state index in [-0.39, 0.29) is 5.91 Å². The zero-order valence-corrected chi connectivity index (χ0v) is 16.8. The highest BCUT2D eigenvalue weighted by molar-refractivity contribution is 7.99. The van der Waals surface area contributed by atoms with E-state index in [1.54, 1.807) is 11.6 Å².